The Balaban J connectivity index is 2.90. The molecule has 1 rings (SSSR count). The second-order valence-electron chi connectivity index (χ2n) is 3.31. The molecule has 1 aliphatic rings. The molecule has 0 bridgehead atoms. The summed E-state index contributed by atoms with van der Waals surface area (Å²) >= 11 is 0. The van der Waals surface area contributed by atoms with Crippen molar-refractivity contribution in [2.75, 3.05) is 7.11 Å². The summed E-state index contributed by atoms with van der Waals surface area (Å²) in [4.78, 5) is 22.0. The second-order valence-corrected chi connectivity index (χ2v) is 3.31. The van der Waals surface area contributed by atoms with E-state index in [2.05, 4.69) is 10.1 Å². The van der Waals surface area contributed by atoms with Gasteiger partial charge in [-0.2, -0.15) is 0 Å². The predicted octanol–water partition coefficient (Wildman–Crippen LogP) is 0.512. The summed E-state index contributed by atoms with van der Waals surface area (Å²) in [5, 5.41) is 2.47. The van der Waals surface area contributed by atoms with Crippen molar-refractivity contribution in [1.29, 1.82) is 0 Å². The van der Waals surface area contributed by atoms with Crippen LogP contribution in [0.4, 0.5) is 4.79 Å². The van der Waals surface area contributed by atoms with Crippen LogP contribution in [0.1, 0.15) is 19.8 Å². The number of esters is 1. The number of amides is 2. The number of allylic oxidation sites excluding steroid dienone is 1. The fourth-order valence-electron chi connectivity index (χ4n) is 1.60. The minimum absolute atomic E-state index is 0.150. The molecule has 0 radical (unpaired) electrons. The summed E-state index contributed by atoms with van der Waals surface area (Å²) in [5.41, 5.74) is 6.13. The van der Waals surface area contributed by atoms with Crippen LogP contribution in [0, 0.1) is 5.92 Å². The Morgan fingerprint density at radius 1 is 1.57 bits per heavy atom. The van der Waals surface area contributed by atoms with E-state index >= 15 is 0 Å². The average Bonchev–Trinajstić information content (AvgIpc) is 2.46. The van der Waals surface area contributed by atoms with Crippen LogP contribution in [0.3, 0.4) is 0 Å². The zero-order valence-corrected chi connectivity index (χ0v) is 8.29. The van der Waals surface area contributed by atoms with Crippen molar-refractivity contribution < 1.29 is 14.3 Å². The molecule has 0 heterocycles. The highest BCUT2D eigenvalue weighted by atomic mass is 16.5. The molecule has 1 unspecified atom stereocenters. The standard InChI is InChI=1S/C9H14N2O3/c1-5-3-4-6(8(12)14-2)7(5)11-9(10)13/h5H,3-4H2,1-2H3,(H3,10,11,13). The van der Waals surface area contributed by atoms with Gasteiger partial charge in [0.25, 0.3) is 0 Å². The van der Waals surface area contributed by atoms with Crippen molar-refractivity contribution in [2.45, 2.75) is 19.8 Å². The third kappa shape index (κ3) is 2.04. The molecule has 0 saturated heterocycles. The van der Waals surface area contributed by atoms with E-state index in [0.717, 1.165) is 6.42 Å². The first-order valence-corrected chi connectivity index (χ1v) is 4.44. The monoisotopic (exact) mass is 198 g/mol. The molecule has 0 spiro atoms. The van der Waals surface area contributed by atoms with Gasteiger partial charge in [-0.25, -0.2) is 9.59 Å². The van der Waals surface area contributed by atoms with Gasteiger partial charge in [0, 0.05) is 5.70 Å². The normalized spacial score (nSPS) is 20.9. The zero-order chi connectivity index (χ0) is 10.7. The molecule has 0 saturated carbocycles. The van der Waals surface area contributed by atoms with Gasteiger partial charge in [-0.1, -0.05) is 6.92 Å². The number of carbonyl (C=O) groups is 2. The number of carbonyl (C=O) groups excluding carboxylic acids is 2. The molecule has 0 aromatic carbocycles. The van der Waals surface area contributed by atoms with E-state index < -0.39 is 12.0 Å². The number of rotatable bonds is 2. The topological polar surface area (TPSA) is 81.4 Å². The Morgan fingerprint density at radius 2 is 2.21 bits per heavy atom. The number of primary amides is 1. The lowest BCUT2D eigenvalue weighted by atomic mass is 10.1. The molecule has 5 heteroatoms. The van der Waals surface area contributed by atoms with E-state index in [1.807, 2.05) is 6.92 Å². The lowest BCUT2D eigenvalue weighted by molar-refractivity contribution is -0.136. The second kappa shape index (κ2) is 4.13. The Hall–Kier alpha value is -1.52. The minimum Gasteiger partial charge on any atom is -0.466 e. The number of hydrogen-bond acceptors (Lipinski definition) is 3. The van der Waals surface area contributed by atoms with Gasteiger partial charge in [-0.3, -0.25) is 0 Å². The van der Waals surface area contributed by atoms with Crippen LogP contribution in [-0.4, -0.2) is 19.1 Å². The molecule has 1 aliphatic carbocycles. The molecule has 3 N–H and O–H groups in total. The van der Waals surface area contributed by atoms with Gasteiger partial charge in [0.05, 0.1) is 12.7 Å². The van der Waals surface area contributed by atoms with E-state index in [9.17, 15) is 9.59 Å². The van der Waals surface area contributed by atoms with Crippen LogP contribution in [0.25, 0.3) is 0 Å². The predicted molar refractivity (Wildman–Crippen MR) is 50.2 cm³/mol. The van der Waals surface area contributed by atoms with Crippen molar-refractivity contribution in [3.63, 3.8) is 0 Å². The molecule has 0 aromatic heterocycles. The maximum Gasteiger partial charge on any atom is 0.335 e. The van der Waals surface area contributed by atoms with Crippen LogP contribution in [0.15, 0.2) is 11.3 Å². The highest BCUT2D eigenvalue weighted by molar-refractivity contribution is 5.91. The SMILES string of the molecule is COC(=O)C1=C(NC(N)=O)C(C)CC1. The zero-order valence-electron chi connectivity index (χ0n) is 8.29. The van der Waals surface area contributed by atoms with Crippen molar-refractivity contribution in [2.24, 2.45) is 11.7 Å². The fourth-order valence-corrected chi connectivity index (χ4v) is 1.60. The first-order chi connectivity index (χ1) is 6.56. The Kier molecular flexibility index (Phi) is 3.11. The lowest BCUT2D eigenvalue weighted by Crippen LogP contribution is -2.31. The van der Waals surface area contributed by atoms with Gasteiger partial charge in [0.2, 0.25) is 0 Å². The maximum absolute atomic E-state index is 11.3. The third-order valence-electron chi connectivity index (χ3n) is 2.33. The van der Waals surface area contributed by atoms with Gasteiger partial charge >= 0.3 is 12.0 Å². The van der Waals surface area contributed by atoms with Gasteiger partial charge in [0.15, 0.2) is 0 Å². The summed E-state index contributed by atoms with van der Waals surface area (Å²) in [6, 6.07) is -0.643. The number of nitrogens with two attached hydrogens (primary N) is 1. The van der Waals surface area contributed by atoms with Crippen LogP contribution in [-0.2, 0) is 9.53 Å². The van der Waals surface area contributed by atoms with Crippen LogP contribution < -0.4 is 11.1 Å². The maximum atomic E-state index is 11.3. The molecule has 0 aliphatic heterocycles. The van der Waals surface area contributed by atoms with E-state index in [1.165, 1.54) is 7.11 Å². The van der Waals surface area contributed by atoms with Crippen molar-refractivity contribution in [3.8, 4) is 0 Å². The number of nitrogens with one attached hydrogen (secondary N) is 1. The first-order valence-electron chi connectivity index (χ1n) is 4.44. The van der Waals surface area contributed by atoms with Crippen molar-refractivity contribution in [1.82, 2.24) is 5.32 Å². The third-order valence-corrected chi connectivity index (χ3v) is 2.33. The van der Waals surface area contributed by atoms with E-state index in [4.69, 9.17) is 5.73 Å². The molecule has 0 fully saturated rings. The van der Waals surface area contributed by atoms with Gasteiger partial charge in [0.1, 0.15) is 0 Å². The van der Waals surface area contributed by atoms with E-state index in [1.54, 1.807) is 0 Å². The summed E-state index contributed by atoms with van der Waals surface area (Å²) in [5.74, 6) is -0.241. The first kappa shape index (κ1) is 10.6. The smallest absolute Gasteiger partial charge is 0.335 e. The molecule has 0 aromatic rings. The number of hydrogen-bond donors (Lipinski definition) is 2. The average molecular weight is 198 g/mol. The quantitative estimate of drug-likeness (QED) is 0.634. The molecule has 1 atom stereocenters. The van der Waals surface area contributed by atoms with Crippen molar-refractivity contribution >= 4 is 12.0 Å². The van der Waals surface area contributed by atoms with Gasteiger partial charge in [-0.05, 0) is 18.8 Å². The summed E-state index contributed by atoms with van der Waals surface area (Å²) in [6.45, 7) is 1.93. The highest BCUT2D eigenvalue weighted by Crippen LogP contribution is 2.30. The molecular weight excluding hydrogens is 184 g/mol. The lowest BCUT2D eigenvalue weighted by Gasteiger charge is -2.10. The summed E-state index contributed by atoms with van der Waals surface area (Å²) < 4.78 is 4.61. The summed E-state index contributed by atoms with van der Waals surface area (Å²) in [7, 11) is 1.32. The molecular formula is C9H14N2O3. The van der Waals surface area contributed by atoms with E-state index in [0.29, 0.717) is 17.7 Å². The fraction of sp³-hybridized carbons (Fsp3) is 0.556. The Bertz CT molecular complexity index is 296. The Morgan fingerprint density at radius 3 is 2.71 bits per heavy atom. The molecule has 2 amide bonds. The van der Waals surface area contributed by atoms with Crippen LogP contribution >= 0.6 is 0 Å². The number of methoxy groups -OCH3 is 1. The van der Waals surface area contributed by atoms with Gasteiger partial charge < -0.3 is 15.8 Å². The van der Waals surface area contributed by atoms with Crippen LogP contribution in [0.5, 0.6) is 0 Å². The molecule has 78 valence electrons. The largest absolute Gasteiger partial charge is 0.466 e. The summed E-state index contributed by atoms with van der Waals surface area (Å²) in [6.07, 6.45) is 1.46. The number of ether oxygens (including phenoxy) is 1. The highest BCUT2D eigenvalue weighted by Gasteiger charge is 2.27. The van der Waals surface area contributed by atoms with E-state index in [-0.39, 0.29) is 5.92 Å². The van der Waals surface area contributed by atoms with Gasteiger partial charge in [-0.15, -0.1) is 0 Å². The number of urea groups is 1. The molecule has 5 nitrogen and oxygen atoms in total. The molecule has 14 heavy (non-hydrogen) atoms. The minimum atomic E-state index is -0.643. The Labute approximate surface area is 82.3 Å². The van der Waals surface area contributed by atoms with Crippen molar-refractivity contribution in [3.05, 3.63) is 11.3 Å². The van der Waals surface area contributed by atoms with Crippen LogP contribution in [0.2, 0.25) is 0 Å².